The van der Waals surface area contributed by atoms with Gasteiger partial charge in [-0.2, -0.15) is 18.3 Å². The molecule has 2 aromatic heterocycles. The quantitative estimate of drug-likeness (QED) is 0.201. The molecule has 0 atom stereocenters. The van der Waals surface area contributed by atoms with Crippen molar-refractivity contribution in [2.24, 2.45) is 0 Å². The molecule has 1 saturated heterocycles. The molecular formula is C29H21F6N5OS. The molecule has 42 heavy (non-hydrogen) atoms. The summed E-state index contributed by atoms with van der Waals surface area (Å²) >= 11 is 5.48. The number of nitrogens with zero attached hydrogens (tertiary/aromatic N) is 5. The van der Waals surface area contributed by atoms with Crippen molar-refractivity contribution in [2.75, 3.05) is 18.0 Å². The molecule has 2 aliphatic heterocycles. The zero-order valence-electron chi connectivity index (χ0n) is 21.7. The Morgan fingerprint density at radius 2 is 1.71 bits per heavy atom. The Morgan fingerprint density at radius 1 is 0.976 bits per heavy atom. The van der Waals surface area contributed by atoms with Crippen molar-refractivity contribution in [1.82, 2.24) is 19.7 Å². The van der Waals surface area contributed by atoms with Crippen LogP contribution in [0.25, 0.3) is 16.9 Å². The summed E-state index contributed by atoms with van der Waals surface area (Å²) in [6.07, 6.45) is -0.772. The fourth-order valence-corrected chi connectivity index (χ4v) is 5.89. The maximum absolute atomic E-state index is 14.7. The molecule has 13 heteroatoms. The van der Waals surface area contributed by atoms with E-state index in [-0.39, 0.29) is 41.9 Å². The lowest BCUT2D eigenvalue weighted by Gasteiger charge is -2.37. The molecule has 0 N–H and O–H groups in total. The van der Waals surface area contributed by atoms with Crippen molar-refractivity contribution >= 4 is 28.8 Å². The SMILES string of the molecule is O=C(c1cc(-c2cccnc2)n(-c2ccc(F)c(C(F)(F)F)c2)n1)N1CCC(N2C(=S)Cc3ccc(F)c(F)c32)CC1. The maximum atomic E-state index is 14.7. The summed E-state index contributed by atoms with van der Waals surface area (Å²) in [6, 6.07) is 9.58. The number of fused-ring (bicyclic) bond motifs is 1. The number of alkyl halides is 3. The first kappa shape index (κ1) is 27.9. The molecule has 2 aliphatic rings. The van der Waals surface area contributed by atoms with Crippen LogP contribution in [0.2, 0.25) is 0 Å². The Hall–Kier alpha value is -4.26. The Labute approximate surface area is 241 Å². The van der Waals surface area contributed by atoms with E-state index in [0.717, 1.165) is 16.8 Å². The minimum Gasteiger partial charge on any atom is -0.337 e. The van der Waals surface area contributed by atoms with Crippen LogP contribution >= 0.6 is 12.2 Å². The molecule has 6 rings (SSSR count). The van der Waals surface area contributed by atoms with Gasteiger partial charge < -0.3 is 9.80 Å². The van der Waals surface area contributed by atoms with E-state index in [1.54, 1.807) is 21.9 Å². The third-order valence-electron chi connectivity index (χ3n) is 7.51. The smallest absolute Gasteiger partial charge is 0.337 e. The van der Waals surface area contributed by atoms with E-state index in [1.165, 1.54) is 24.5 Å². The van der Waals surface area contributed by atoms with E-state index in [0.29, 0.717) is 47.5 Å². The first-order valence-corrected chi connectivity index (χ1v) is 13.4. The van der Waals surface area contributed by atoms with Crippen molar-refractivity contribution in [1.29, 1.82) is 0 Å². The minimum atomic E-state index is -4.93. The summed E-state index contributed by atoms with van der Waals surface area (Å²) < 4.78 is 84.2. The van der Waals surface area contributed by atoms with Gasteiger partial charge in [0.2, 0.25) is 0 Å². The number of thiocarbonyl (C=S) groups is 1. The fraction of sp³-hybridized carbons (Fsp3) is 0.241. The van der Waals surface area contributed by atoms with Gasteiger partial charge in [0, 0.05) is 43.5 Å². The molecule has 4 aromatic rings. The molecule has 0 radical (unpaired) electrons. The lowest BCUT2D eigenvalue weighted by atomic mass is 10.0. The van der Waals surface area contributed by atoms with Crippen LogP contribution in [-0.2, 0) is 12.6 Å². The van der Waals surface area contributed by atoms with E-state index in [4.69, 9.17) is 12.2 Å². The average molecular weight is 602 g/mol. The highest BCUT2D eigenvalue weighted by molar-refractivity contribution is 7.80. The van der Waals surface area contributed by atoms with Crippen LogP contribution in [0.3, 0.4) is 0 Å². The number of rotatable bonds is 4. The van der Waals surface area contributed by atoms with Crippen LogP contribution in [0.4, 0.5) is 32.0 Å². The van der Waals surface area contributed by atoms with Gasteiger partial charge in [-0.3, -0.25) is 9.78 Å². The highest BCUT2D eigenvalue weighted by Gasteiger charge is 2.37. The lowest BCUT2D eigenvalue weighted by molar-refractivity contribution is -0.140. The number of hydrogen-bond donors (Lipinski definition) is 0. The van der Waals surface area contributed by atoms with Crippen LogP contribution in [0.1, 0.15) is 34.5 Å². The van der Waals surface area contributed by atoms with Crippen LogP contribution in [0, 0.1) is 17.5 Å². The molecule has 1 amide bonds. The zero-order valence-corrected chi connectivity index (χ0v) is 22.5. The number of pyridine rings is 1. The lowest BCUT2D eigenvalue weighted by Crippen LogP contribution is -2.48. The Kier molecular flexibility index (Phi) is 7.00. The van der Waals surface area contributed by atoms with Crippen molar-refractivity contribution in [3.05, 3.63) is 95.2 Å². The van der Waals surface area contributed by atoms with Gasteiger partial charge in [-0.05, 0) is 60.9 Å². The van der Waals surface area contributed by atoms with Gasteiger partial charge in [0.1, 0.15) is 5.82 Å². The van der Waals surface area contributed by atoms with Gasteiger partial charge in [-0.1, -0.05) is 18.3 Å². The number of halogens is 6. The van der Waals surface area contributed by atoms with E-state index in [9.17, 15) is 31.1 Å². The summed E-state index contributed by atoms with van der Waals surface area (Å²) in [5, 5.41) is 4.33. The number of piperidine rings is 1. The van der Waals surface area contributed by atoms with Gasteiger partial charge in [-0.15, -0.1) is 0 Å². The summed E-state index contributed by atoms with van der Waals surface area (Å²) in [5.41, 5.74) is -0.0485. The molecule has 0 unspecified atom stereocenters. The van der Waals surface area contributed by atoms with Crippen LogP contribution in [-0.4, -0.2) is 49.7 Å². The number of amides is 1. The number of carbonyl (C=O) groups is 1. The van der Waals surface area contributed by atoms with Gasteiger partial charge in [0.05, 0.1) is 27.6 Å². The predicted molar refractivity (Wildman–Crippen MR) is 146 cm³/mol. The number of likely N-dealkylation sites (tertiary alicyclic amines) is 1. The number of carbonyl (C=O) groups excluding carboxylic acids is 1. The predicted octanol–water partition coefficient (Wildman–Crippen LogP) is 6.37. The summed E-state index contributed by atoms with van der Waals surface area (Å²) in [4.78, 5) is 21.3. The molecule has 6 nitrogen and oxygen atoms in total. The van der Waals surface area contributed by atoms with Crippen molar-refractivity contribution in [3.8, 4) is 16.9 Å². The first-order valence-electron chi connectivity index (χ1n) is 13.0. The Bertz CT molecular complexity index is 1700. The molecule has 1 fully saturated rings. The van der Waals surface area contributed by atoms with Crippen molar-refractivity contribution in [2.45, 2.75) is 31.5 Å². The van der Waals surface area contributed by atoms with Gasteiger partial charge in [0.25, 0.3) is 5.91 Å². The van der Waals surface area contributed by atoms with Gasteiger partial charge in [-0.25, -0.2) is 17.9 Å². The second-order valence-electron chi connectivity index (χ2n) is 10.1. The maximum Gasteiger partial charge on any atom is 0.419 e. The third-order valence-corrected chi connectivity index (χ3v) is 7.85. The largest absolute Gasteiger partial charge is 0.419 e. The van der Waals surface area contributed by atoms with Crippen LogP contribution < -0.4 is 4.90 Å². The Morgan fingerprint density at radius 3 is 2.40 bits per heavy atom. The normalized spacial score (nSPS) is 15.8. The second-order valence-corrected chi connectivity index (χ2v) is 10.5. The topological polar surface area (TPSA) is 54.3 Å². The number of anilines is 1. The monoisotopic (exact) mass is 601 g/mol. The minimum absolute atomic E-state index is 0.0275. The summed E-state index contributed by atoms with van der Waals surface area (Å²) in [7, 11) is 0. The van der Waals surface area contributed by atoms with Crippen LogP contribution in [0.5, 0.6) is 0 Å². The highest BCUT2D eigenvalue weighted by atomic mass is 32.1. The van der Waals surface area contributed by atoms with E-state index in [1.807, 2.05) is 0 Å². The molecule has 0 aliphatic carbocycles. The molecule has 2 aromatic carbocycles. The number of hydrogen-bond acceptors (Lipinski definition) is 4. The van der Waals surface area contributed by atoms with Gasteiger partial charge >= 0.3 is 6.18 Å². The number of benzene rings is 2. The molecule has 0 saturated carbocycles. The average Bonchev–Trinajstić information content (AvgIpc) is 3.57. The van der Waals surface area contributed by atoms with E-state index in [2.05, 4.69) is 10.1 Å². The first-order chi connectivity index (χ1) is 20.0. The van der Waals surface area contributed by atoms with E-state index < -0.39 is 35.1 Å². The summed E-state index contributed by atoms with van der Waals surface area (Å²) in [6.45, 7) is 0.525. The van der Waals surface area contributed by atoms with Gasteiger partial charge in [0.15, 0.2) is 17.3 Å². The Balaban J connectivity index is 1.28. The third kappa shape index (κ3) is 4.91. The molecule has 0 bridgehead atoms. The van der Waals surface area contributed by atoms with Crippen LogP contribution in [0.15, 0.2) is 60.9 Å². The van der Waals surface area contributed by atoms with Crippen molar-refractivity contribution in [3.63, 3.8) is 0 Å². The molecule has 216 valence electrons. The summed E-state index contributed by atoms with van der Waals surface area (Å²) in [5.74, 6) is -3.80. The fourth-order valence-electron chi connectivity index (χ4n) is 5.50. The molecule has 0 spiro atoms. The number of aromatic nitrogens is 3. The highest BCUT2D eigenvalue weighted by Crippen LogP contribution is 2.38. The molecular weight excluding hydrogens is 580 g/mol. The standard InChI is InChI=1S/C29H21F6N5OS/c30-21-6-4-19(13-20(21)29(33,34)35)40-24(17-2-1-9-36-15-17)14-23(37-40)28(41)38-10-7-18(8-11-38)39-25(42)12-16-3-5-22(31)26(32)27(16)39/h1-6,9,13-15,18H,7-8,10-12H2. The second kappa shape index (κ2) is 10.5. The van der Waals surface area contributed by atoms with Crippen molar-refractivity contribution < 1.29 is 31.1 Å². The molecule has 4 heterocycles. The zero-order chi connectivity index (χ0) is 29.8. The van der Waals surface area contributed by atoms with E-state index >= 15 is 0 Å².